The topological polar surface area (TPSA) is 35.8 Å². The Hall–Kier alpha value is -1.33. The van der Waals surface area contributed by atoms with Crippen LogP contribution in [0.1, 0.15) is 45.7 Å². The summed E-state index contributed by atoms with van der Waals surface area (Å²) in [5.41, 5.74) is 2.91. The smallest absolute Gasteiger partial charge is 0.0841 e. The highest BCUT2D eigenvalue weighted by Gasteiger charge is 2.21. The van der Waals surface area contributed by atoms with Crippen molar-refractivity contribution in [2.45, 2.75) is 45.4 Å². The summed E-state index contributed by atoms with van der Waals surface area (Å²) in [6.45, 7) is 12.3. The highest BCUT2D eigenvalue weighted by Crippen LogP contribution is 2.27. The molecule has 2 heteroatoms. The van der Waals surface area contributed by atoms with Crippen LogP contribution in [0.15, 0.2) is 24.3 Å². The number of benzene rings is 1. The number of nitrogens with zero attached hydrogens (tertiary/aromatic N) is 1. The molecule has 98 valence electrons. The Labute approximate surface area is 111 Å². The van der Waals surface area contributed by atoms with Crippen molar-refractivity contribution in [3.8, 4) is 6.07 Å². The van der Waals surface area contributed by atoms with Crippen LogP contribution in [-0.2, 0) is 10.8 Å². The van der Waals surface area contributed by atoms with Crippen LogP contribution in [0.2, 0.25) is 0 Å². The van der Waals surface area contributed by atoms with Crippen LogP contribution in [0.25, 0.3) is 0 Å². The summed E-state index contributed by atoms with van der Waals surface area (Å²) in [7, 11) is 0. The number of hydrogen-bond donors (Lipinski definition) is 1. The van der Waals surface area contributed by atoms with E-state index in [1.54, 1.807) is 0 Å². The summed E-state index contributed by atoms with van der Waals surface area (Å²) >= 11 is 0. The molecule has 0 aromatic heterocycles. The molecule has 0 saturated carbocycles. The standard InChI is InChI=1S/C16H24N2/c1-15(2,3)13-6-8-14(9-7-13)16(4,5)12-18-11-10-17/h6-9,18H,11-12H2,1-5H3. The molecular weight excluding hydrogens is 220 g/mol. The van der Waals surface area contributed by atoms with E-state index in [9.17, 15) is 0 Å². The lowest BCUT2D eigenvalue weighted by atomic mass is 9.81. The van der Waals surface area contributed by atoms with Crippen molar-refractivity contribution in [3.05, 3.63) is 35.4 Å². The predicted octanol–water partition coefficient (Wildman–Crippen LogP) is 3.37. The molecule has 18 heavy (non-hydrogen) atoms. The fraction of sp³-hybridized carbons (Fsp3) is 0.562. The third kappa shape index (κ3) is 3.85. The number of nitriles is 1. The molecule has 1 aromatic carbocycles. The van der Waals surface area contributed by atoms with Crippen LogP contribution in [0.5, 0.6) is 0 Å². The lowest BCUT2D eigenvalue weighted by Gasteiger charge is -2.27. The molecule has 1 N–H and O–H groups in total. The normalized spacial score (nSPS) is 12.2. The fourth-order valence-electron chi connectivity index (χ4n) is 1.95. The van der Waals surface area contributed by atoms with Gasteiger partial charge in [-0.05, 0) is 16.5 Å². The molecule has 0 aliphatic carbocycles. The number of rotatable bonds is 4. The number of nitrogens with one attached hydrogen (secondary N) is 1. The zero-order valence-corrected chi connectivity index (χ0v) is 12.2. The van der Waals surface area contributed by atoms with Crippen LogP contribution < -0.4 is 5.32 Å². The minimum absolute atomic E-state index is 0.0489. The Bertz CT molecular complexity index is 416. The Morgan fingerprint density at radius 3 is 1.94 bits per heavy atom. The summed E-state index contributed by atoms with van der Waals surface area (Å²) in [5.74, 6) is 0. The molecule has 0 saturated heterocycles. The number of hydrogen-bond acceptors (Lipinski definition) is 2. The molecule has 1 aromatic rings. The van der Waals surface area contributed by atoms with Gasteiger partial charge in [-0.15, -0.1) is 0 Å². The van der Waals surface area contributed by atoms with Crippen molar-refractivity contribution in [1.82, 2.24) is 5.32 Å². The van der Waals surface area contributed by atoms with E-state index in [0.29, 0.717) is 6.54 Å². The second kappa shape index (κ2) is 5.54. The van der Waals surface area contributed by atoms with Crippen molar-refractivity contribution in [2.75, 3.05) is 13.1 Å². The van der Waals surface area contributed by atoms with Gasteiger partial charge in [0.05, 0.1) is 12.6 Å². The second-order valence-corrected chi connectivity index (χ2v) is 6.47. The fourth-order valence-corrected chi connectivity index (χ4v) is 1.95. The molecule has 0 spiro atoms. The van der Waals surface area contributed by atoms with Gasteiger partial charge in [0.15, 0.2) is 0 Å². The quantitative estimate of drug-likeness (QED) is 0.651. The van der Waals surface area contributed by atoms with Crippen molar-refractivity contribution in [3.63, 3.8) is 0 Å². The summed E-state index contributed by atoms with van der Waals surface area (Å²) < 4.78 is 0. The molecule has 0 unspecified atom stereocenters. The van der Waals surface area contributed by atoms with E-state index in [0.717, 1.165) is 6.54 Å². The van der Waals surface area contributed by atoms with Crippen LogP contribution in [0.3, 0.4) is 0 Å². The molecule has 1 rings (SSSR count). The molecule has 0 aliphatic heterocycles. The minimum atomic E-state index is 0.0489. The van der Waals surface area contributed by atoms with Crippen LogP contribution >= 0.6 is 0 Å². The van der Waals surface area contributed by atoms with Crippen LogP contribution in [0.4, 0.5) is 0 Å². The summed E-state index contributed by atoms with van der Waals surface area (Å²) in [4.78, 5) is 0. The third-order valence-electron chi connectivity index (χ3n) is 3.30. The molecular formula is C16H24N2. The van der Waals surface area contributed by atoms with Crippen molar-refractivity contribution < 1.29 is 0 Å². The Morgan fingerprint density at radius 1 is 1.00 bits per heavy atom. The van der Waals surface area contributed by atoms with Crippen LogP contribution in [0, 0.1) is 11.3 Å². The third-order valence-corrected chi connectivity index (χ3v) is 3.30. The molecule has 0 aliphatic rings. The first kappa shape index (κ1) is 14.7. The van der Waals surface area contributed by atoms with Gasteiger partial charge < -0.3 is 5.32 Å². The Kier molecular flexibility index (Phi) is 4.53. The molecule has 0 heterocycles. The van der Waals surface area contributed by atoms with Gasteiger partial charge in [-0.25, -0.2) is 0 Å². The molecule has 0 atom stereocenters. The monoisotopic (exact) mass is 244 g/mol. The minimum Gasteiger partial charge on any atom is -0.304 e. The Balaban J connectivity index is 2.81. The van der Waals surface area contributed by atoms with Gasteiger partial charge in [0.1, 0.15) is 0 Å². The highest BCUT2D eigenvalue weighted by molar-refractivity contribution is 5.31. The van der Waals surface area contributed by atoms with Crippen molar-refractivity contribution in [2.24, 2.45) is 0 Å². The van der Waals surface area contributed by atoms with E-state index in [1.165, 1.54) is 11.1 Å². The first-order valence-corrected chi connectivity index (χ1v) is 6.46. The summed E-state index contributed by atoms with van der Waals surface area (Å²) in [6, 6.07) is 10.9. The van der Waals surface area contributed by atoms with Gasteiger partial charge in [-0.1, -0.05) is 58.9 Å². The van der Waals surface area contributed by atoms with Gasteiger partial charge in [0.25, 0.3) is 0 Å². The van der Waals surface area contributed by atoms with E-state index < -0.39 is 0 Å². The highest BCUT2D eigenvalue weighted by atomic mass is 14.9. The lowest BCUT2D eigenvalue weighted by Crippen LogP contribution is -2.33. The predicted molar refractivity (Wildman–Crippen MR) is 76.7 cm³/mol. The van der Waals surface area contributed by atoms with Gasteiger partial charge in [-0.2, -0.15) is 5.26 Å². The lowest BCUT2D eigenvalue weighted by molar-refractivity contribution is 0.484. The molecule has 0 radical (unpaired) electrons. The van der Waals surface area contributed by atoms with Crippen molar-refractivity contribution >= 4 is 0 Å². The van der Waals surface area contributed by atoms with Crippen molar-refractivity contribution in [1.29, 1.82) is 5.26 Å². The zero-order chi connectivity index (χ0) is 13.8. The van der Waals surface area contributed by atoms with Gasteiger partial charge in [-0.3, -0.25) is 0 Å². The van der Waals surface area contributed by atoms with E-state index in [4.69, 9.17) is 5.26 Å². The molecule has 0 fully saturated rings. The largest absolute Gasteiger partial charge is 0.304 e. The first-order valence-electron chi connectivity index (χ1n) is 6.46. The van der Waals surface area contributed by atoms with Gasteiger partial charge in [0, 0.05) is 12.0 Å². The summed E-state index contributed by atoms with van der Waals surface area (Å²) in [6.07, 6.45) is 0. The van der Waals surface area contributed by atoms with Gasteiger partial charge in [0.2, 0.25) is 0 Å². The van der Waals surface area contributed by atoms with E-state index in [1.807, 2.05) is 0 Å². The second-order valence-electron chi connectivity index (χ2n) is 6.47. The maximum Gasteiger partial charge on any atom is 0.0841 e. The molecule has 0 bridgehead atoms. The van der Waals surface area contributed by atoms with E-state index in [2.05, 4.69) is 70.3 Å². The average molecular weight is 244 g/mol. The molecule has 2 nitrogen and oxygen atoms in total. The van der Waals surface area contributed by atoms with Gasteiger partial charge >= 0.3 is 0 Å². The van der Waals surface area contributed by atoms with E-state index in [-0.39, 0.29) is 10.8 Å². The van der Waals surface area contributed by atoms with E-state index >= 15 is 0 Å². The maximum absolute atomic E-state index is 8.55. The molecule has 0 amide bonds. The van der Waals surface area contributed by atoms with Crippen LogP contribution in [-0.4, -0.2) is 13.1 Å². The SMILES string of the molecule is CC(C)(C)c1ccc(C(C)(C)CNCC#N)cc1. The maximum atomic E-state index is 8.55. The average Bonchev–Trinajstić information content (AvgIpc) is 2.28. The Morgan fingerprint density at radius 2 is 1.50 bits per heavy atom. The summed E-state index contributed by atoms with van der Waals surface area (Å²) in [5, 5.41) is 11.7. The first-order chi connectivity index (χ1) is 8.27. The zero-order valence-electron chi connectivity index (χ0n) is 12.2.